The number of amides is 2. The van der Waals surface area contributed by atoms with Crippen molar-refractivity contribution in [2.24, 2.45) is 0 Å². The minimum absolute atomic E-state index is 0.0618. The number of hydrogen-bond donors (Lipinski definition) is 2. The average Bonchev–Trinajstić information content (AvgIpc) is 2.61. The van der Waals surface area contributed by atoms with Crippen molar-refractivity contribution in [3.8, 4) is 0 Å². The number of carbonyl (C=O) groups is 1. The van der Waals surface area contributed by atoms with Crippen LogP contribution in [0, 0.1) is 6.92 Å². The lowest BCUT2D eigenvalue weighted by Gasteiger charge is -2.40. The second kappa shape index (κ2) is 7.53. The molecule has 0 spiro atoms. The maximum Gasteiger partial charge on any atom is 0.317 e. The maximum absolute atomic E-state index is 12.5. The highest BCUT2D eigenvalue weighted by atomic mass is 16.5. The van der Waals surface area contributed by atoms with Crippen LogP contribution in [-0.4, -0.2) is 55.0 Å². The Bertz CT molecular complexity index is 569. The number of likely N-dealkylation sites (tertiary alicyclic amines) is 1. The van der Waals surface area contributed by atoms with E-state index in [4.69, 9.17) is 4.74 Å². The zero-order chi connectivity index (χ0) is 17.0. The Kier molecular flexibility index (Phi) is 5.41. The normalized spacial score (nSPS) is 23.8. The molecular formula is C19H28N2O3. The number of benzene rings is 1. The summed E-state index contributed by atoms with van der Waals surface area (Å²) in [6.07, 6.45) is 3.10. The molecule has 1 unspecified atom stereocenters. The standard InChI is InChI=1S/C19H28N2O3/c1-15-5-2-3-7-17(15)19(8-11-24-12-9-19)14-20-18(23)21-10-4-6-16(22)13-21/h2-3,5,7,16,22H,4,6,8-14H2,1H3,(H,20,23). The van der Waals surface area contributed by atoms with Crippen molar-refractivity contribution in [2.75, 3.05) is 32.8 Å². The first-order valence-electron chi connectivity index (χ1n) is 8.95. The van der Waals surface area contributed by atoms with Crippen LogP contribution in [0.2, 0.25) is 0 Å². The summed E-state index contributed by atoms with van der Waals surface area (Å²) in [4.78, 5) is 14.3. The Hall–Kier alpha value is -1.59. The molecule has 5 nitrogen and oxygen atoms in total. The molecule has 2 aliphatic rings. The zero-order valence-electron chi connectivity index (χ0n) is 14.5. The number of aryl methyl sites for hydroxylation is 1. The van der Waals surface area contributed by atoms with Crippen molar-refractivity contribution in [1.82, 2.24) is 10.2 Å². The molecule has 0 aromatic heterocycles. The summed E-state index contributed by atoms with van der Waals surface area (Å²) in [5.41, 5.74) is 2.52. The predicted octanol–water partition coefficient (Wildman–Crippen LogP) is 2.21. The predicted molar refractivity (Wildman–Crippen MR) is 93.1 cm³/mol. The van der Waals surface area contributed by atoms with Gasteiger partial charge in [0.15, 0.2) is 0 Å². The molecule has 132 valence electrons. The van der Waals surface area contributed by atoms with Gasteiger partial charge in [0.25, 0.3) is 0 Å². The van der Waals surface area contributed by atoms with Gasteiger partial charge in [0.2, 0.25) is 0 Å². The number of urea groups is 1. The van der Waals surface area contributed by atoms with Crippen LogP contribution >= 0.6 is 0 Å². The van der Waals surface area contributed by atoms with Crippen molar-refractivity contribution in [3.63, 3.8) is 0 Å². The SMILES string of the molecule is Cc1ccccc1C1(CNC(=O)N2CCCC(O)C2)CCOCC1. The monoisotopic (exact) mass is 332 g/mol. The summed E-state index contributed by atoms with van der Waals surface area (Å²) < 4.78 is 5.57. The van der Waals surface area contributed by atoms with Gasteiger partial charge < -0.3 is 20.1 Å². The Morgan fingerprint density at radius 1 is 1.38 bits per heavy atom. The fourth-order valence-electron chi connectivity index (χ4n) is 3.97. The summed E-state index contributed by atoms with van der Waals surface area (Å²) in [5.74, 6) is 0. The molecule has 1 aromatic rings. The number of ether oxygens (including phenoxy) is 1. The fraction of sp³-hybridized carbons (Fsp3) is 0.632. The first-order chi connectivity index (χ1) is 11.6. The van der Waals surface area contributed by atoms with Crippen molar-refractivity contribution in [3.05, 3.63) is 35.4 Å². The molecule has 2 heterocycles. The van der Waals surface area contributed by atoms with Gasteiger partial charge in [-0.2, -0.15) is 0 Å². The second-order valence-corrected chi connectivity index (χ2v) is 7.11. The van der Waals surface area contributed by atoms with E-state index >= 15 is 0 Å². The van der Waals surface area contributed by atoms with Crippen LogP contribution in [0.3, 0.4) is 0 Å². The molecule has 2 fully saturated rings. The molecule has 1 atom stereocenters. The molecule has 2 aliphatic heterocycles. The molecule has 24 heavy (non-hydrogen) atoms. The van der Waals surface area contributed by atoms with E-state index in [1.165, 1.54) is 11.1 Å². The third-order valence-electron chi connectivity index (χ3n) is 5.43. The Morgan fingerprint density at radius 3 is 2.83 bits per heavy atom. The molecule has 0 bridgehead atoms. The molecule has 1 aromatic carbocycles. The third kappa shape index (κ3) is 3.73. The van der Waals surface area contributed by atoms with E-state index in [1.807, 2.05) is 0 Å². The summed E-state index contributed by atoms with van der Waals surface area (Å²) in [7, 11) is 0. The van der Waals surface area contributed by atoms with Gasteiger partial charge >= 0.3 is 6.03 Å². The Balaban J connectivity index is 1.71. The summed E-state index contributed by atoms with van der Waals surface area (Å²) in [5, 5.41) is 12.9. The number of nitrogens with one attached hydrogen (secondary N) is 1. The lowest BCUT2D eigenvalue weighted by atomic mass is 9.72. The molecule has 0 saturated carbocycles. The largest absolute Gasteiger partial charge is 0.391 e. The number of hydrogen-bond acceptors (Lipinski definition) is 3. The molecule has 2 N–H and O–H groups in total. The number of carbonyl (C=O) groups excluding carboxylic acids is 1. The van der Waals surface area contributed by atoms with Gasteiger partial charge in [-0.1, -0.05) is 24.3 Å². The van der Waals surface area contributed by atoms with E-state index in [2.05, 4.69) is 36.5 Å². The lowest BCUT2D eigenvalue weighted by Crippen LogP contribution is -2.51. The number of nitrogens with zero attached hydrogens (tertiary/aromatic N) is 1. The summed E-state index contributed by atoms with van der Waals surface area (Å²) >= 11 is 0. The quantitative estimate of drug-likeness (QED) is 0.892. The highest BCUT2D eigenvalue weighted by molar-refractivity contribution is 5.74. The molecule has 5 heteroatoms. The van der Waals surface area contributed by atoms with Crippen molar-refractivity contribution in [2.45, 2.75) is 44.1 Å². The minimum atomic E-state index is -0.391. The van der Waals surface area contributed by atoms with E-state index in [-0.39, 0.29) is 11.4 Å². The van der Waals surface area contributed by atoms with Gasteiger partial charge in [-0.3, -0.25) is 0 Å². The van der Waals surface area contributed by atoms with Gasteiger partial charge in [0.1, 0.15) is 0 Å². The van der Waals surface area contributed by atoms with Crippen LogP contribution < -0.4 is 5.32 Å². The summed E-state index contributed by atoms with van der Waals surface area (Å²) in [6, 6.07) is 8.38. The van der Waals surface area contributed by atoms with Gasteiger partial charge in [-0.05, 0) is 43.7 Å². The number of aliphatic hydroxyl groups is 1. The average molecular weight is 332 g/mol. The molecule has 0 radical (unpaired) electrons. The molecular weight excluding hydrogens is 304 g/mol. The van der Waals surface area contributed by atoms with Crippen LogP contribution in [0.15, 0.2) is 24.3 Å². The highest BCUT2D eigenvalue weighted by Crippen LogP contribution is 2.36. The maximum atomic E-state index is 12.5. The lowest BCUT2D eigenvalue weighted by molar-refractivity contribution is 0.0485. The summed E-state index contributed by atoms with van der Waals surface area (Å²) in [6.45, 7) is 5.37. The zero-order valence-corrected chi connectivity index (χ0v) is 14.5. The van der Waals surface area contributed by atoms with Crippen molar-refractivity contribution >= 4 is 6.03 Å². The highest BCUT2D eigenvalue weighted by Gasteiger charge is 2.36. The van der Waals surface area contributed by atoms with Crippen LogP contribution in [0.25, 0.3) is 0 Å². The van der Waals surface area contributed by atoms with Crippen LogP contribution in [0.4, 0.5) is 4.79 Å². The van der Waals surface area contributed by atoms with Crippen LogP contribution in [-0.2, 0) is 10.2 Å². The van der Waals surface area contributed by atoms with Gasteiger partial charge in [0, 0.05) is 38.3 Å². The van der Waals surface area contributed by atoms with E-state index in [9.17, 15) is 9.90 Å². The smallest absolute Gasteiger partial charge is 0.317 e. The van der Waals surface area contributed by atoms with E-state index in [1.54, 1.807) is 4.90 Å². The van der Waals surface area contributed by atoms with E-state index < -0.39 is 6.10 Å². The third-order valence-corrected chi connectivity index (χ3v) is 5.43. The molecule has 3 rings (SSSR count). The molecule has 0 aliphatic carbocycles. The van der Waals surface area contributed by atoms with Crippen molar-refractivity contribution < 1.29 is 14.6 Å². The van der Waals surface area contributed by atoms with Gasteiger partial charge in [-0.25, -0.2) is 4.79 Å². The minimum Gasteiger partial charge on any atom is -0.391 e. The molecule has 2 saturated heterocycles. The topological polar surface area (TPSA) is 61.8 Å². The van der Waals surface area contributed by atoms with Gasteiger partial charge in [0.05, 0.1) is 6.10 Å². The van der Waals surface area contributed by atoms with E-state index in [0.29, 0.717) is 13.1 Å². The number of rotatable bonds is 3. The first-order valence-corrected chi connectivity index (χ1v) is 8.95. The fourth-order valence-corrected chi connectivity index (χ4v) is 3.97. The first kappa shape index (κ1) is 17.2. The Morgan fingerprint density at radius 2 is 2.12 bits per heavy atom. The number of β-amino-alcohol motifs (C(OH)–C–C–N with tert-alkyl or cyclic N) is 1. The number of aliphatic hydroxyl groups excluding tert-OH is 1. The second-order valence-electron chi connectivity index (χ2n) is 7.11. The molecule has 2 amide bonds. The number of piperidine rings is 1. The van der Waals surface area contributed by atoms with Crippen LogP contribution in [0.1, 0.15) is 36.8 Å². The van der Waals surface area contributed by atoms with Gasteiger partial charge in [-0.15, -0.1) is 0 Å². The van der Waals surface area contributed by atoms with E-state index in [0.717, 1.165) is 45.4 Å². The Labute approximate surface area is 144 Å². The van der Waals surface area contributed by atoms with Crippen LogP contribution in [0.5, 0.6) is 0 Å². The van der Waals surface area contributed by atoms with Crippen molar-refractivity contribution in [1.29, 1.82) is 0 Å².